The summed E-state index contributed by atoms with van der Waals surface area (Å²) in [5, 5.41) is 0. The maximum absolute atomic E-state index is 11.9. The van der Waals surface area contributed by atoms with Gasteiger partial charge in [-0.25, -0.2) is 0 Å². The Balaban J connectivity index is 2.02. The second-order valence-corrected chi connectivity index (χ2v) is 6.39. The van der Waals surface area contributed by atoms with Crippen molar-refractivity contribution in [1.82, 2.24) is 0 Å². The predicted octanol–water partition coefficient (Wildman–Crippen LogP) is 1.67. The van der Waals surface area contributed by atoms with E-state index in [-0.39, 0.29) is 23.4 Å². The van der Waals surface area contributed by atoms with Crippen molar-refractivity contribution >= 4 is 11.9 Å². The van der Waals surface area contributed by atoms with Crippen molar-refractivity contribution < 1.29 is 19.1 Å². The van der Waals surface area contributed by atoms with Crippen LogP contribution in [0.4, 0.5) is 0 Å². The number of hydrogen-bond acceptors (Lipinski definition) is 4. The zero-order chi connectivity index (χ0) is 12.4. The summed E-state index contributed by atoms with van der Waals surface area (Å²) in [7, 11) is 0. The van der Waals surface area contributed by atoms with E-state index < -0.39 is 17.5 Å². The molecular weight excluding hydrogens is 220 g/mol. The second kappa shape index (κ2) is 3.03. The molecule has 0 amide bonds. The lowest BCUT2D eigenvalue weighted by Crippen LogP contribution is -2.62. The van der Waals surface area contributed by atoms with Crippen molar-refractivity contribution in [3.05, 3.63) is 0 Å². The molecular formula is C13H18O4. The molecule has 2 aliphatic heterocycles. The van der Waals surface area contributed by atoms with Crippen molar-refractivity contribution in [2.45, 2.75) is 51.2 Å². The standard InChI is InChI=1S/C13H18O4/c1-12(2)8-4-5-13(3)6-7(8)9(10(14)16-12)11(15)17-13/h7-9H,4-6H2,1-3H3/t7-,8+,9-,13+/m1/s1. The molecule has 17 heavy (non-hydrogen) atoms. The molecule has 2 heterocycles. The molecule has 0 unspecified atom stereocenters. The van der Waals surface area contributed by atoms with Gasteiger partial charge >= 0.3 is 11.9 Å². The van der Waals surface area contributed by atoms with E-state index in [4.69, 9.17) is 9.47 Å². The first-order chi connectivity index (χ1) is 7.82. The fourth-order valence-corrected chi connectivity index (χ4v) is 3.87. The fraction of sp³-hybridized carbons (Fsp3) is 0.846. The van der Waals surface area contributed by atoms with E-state index in [1.54, 1.807) is 0 Å². The lowest BCUT2D eigenvalue weighted by atomic mass is 9.59. The molecule has 1 aliphatic carbocycles. The van der Waals surface area contributed by atoms with E-state index in [1.807, 2.05) is 20.8 Å². The molecule has 0 aromatic heterocycles. The molecule has 94 valence electrons. The van der Waals surface area contributed by atoms with Crippen LogP contribution in [0.1, 0.15) is 40.0 Å². The van der Waals surface area contributed by atoms with Gasteiger partial charge in [0.2, 0.25) is 0 Å². The van der Waals surface area contributed by atoms with Crippen LogP contribution in [0.2, 0.25) is 0 Å². The minimum Gasteiger partial charge on any atom is -0.459 e. The normalized spacial score (nSPS) is 47.1. The van der Waals surface area contributed by atoms with Crippen LogP contribution < -0.4 is 0 Å². The summed E-state index contributed by atoms with van der Waals surface area (Å²) in [6, 6.07) is 0. The second-order valence-electron chi connectivity index (χ2n) is 6.39. The van der Waals surface area contributed by atoms with Crippen molar-refractivity contribution in [3.63, 3.8) is 0 Å². The molecule has 0 spiro atoms. The zero-order valence-corrected chi connectivity index (χ0v) is 10.5. The van der Waals surface area contributed by atoms with E-state index in [1.165, 1.54) is 0 Å². The highest BCUT2D eigenvalue weighted by Gasteiger charge is 2.61. The SMILES string of the molecule is CC1(C)OC(=O)[C@@H]2C(=O)O[C@@]3(C)CC[C@H]1[C@H]2C3. The van der Waals surface area contributed by atoms with Crippen molar-refractivity contribution in [1.29, 1.82) is 0 Å². The Morgan fingerprint density at radius 2 is 1.76 bits per heavy atom. The number of cyclic esters (lactones) is 1. The Labute approximate surface area is 101 Å². The summed E-state index contributed by atoms with van der Waals surface area (Å²) < 4.78 is 10.9. The number of carbonyl (C=O) groups excluding carboxylic acids is 2. The highest BCUT2D eigenvalue weighted by atomic mass is 16.6. The lowest BCUT2D eigenvalue weighted by molar-refractivity contribution is -0.229. The van der Waals surface area contributed by atoms with E-state index in [0.717, 1.165) is 19.3 Å². The van der Waals surface area contributed by atoms with E-state index >= 15 is 0 Å². The predicted molar refractivity (Wildman–Crippen MR) is 59.0 cm³/mol. The minimum atomic E-state index is -0.679. The first-order valence-electron chi connectivity index (χ1n) is 6.28. The van der Waals surface area contributed by atoms with Gasteiger partial charge in [-0.1, -0.05) is 0 Å². The first kappa shape index (κ1) is 11.1. The van der Waals surface area contributed by atoms with Gasteiger partial charge in [-0.15, -0.1) is 0 Å². The van der Waals surface area contributed by atoms with Gasteiger partial charge in [-0.05, 0) is 46.0 Å². The van der Waals surface area contributed by atoms with Crippen LogP contribution in [0.25, 0.3) is 0 Å². The first-order valence-corrected chi connectivity index (χ1v) is 6.28. The summed E-state index contributed by atoms with van der Waals surface area (Å²) in [5.41, 5.74) is -0.806. The van der Waals surface area contributed by atoms with Crippen molar-refractivity contribution in [2.75, 3.05) is 0 Å². The molecule has 3 rings (SSSR count). The van der Waals surface area contributed by atoms with Gasteiger partial charge in [-0.3, -0.25) is 9.59 Å². The molecule has 3 fully saturated rings. The van der Waals surface area contributed by atoms with Gasteiger partial charge in [0.25, 0.3) is 0 Å². The quantitative estimate of drug-likeness (QED) is 0.476. The van der Waals surface area contributed by atoms with Gasteiger partial charge in [0.15, 0.2) is 5.92 Å². The Bertz CT molecular complexity index is 392. The average molecular weight is 238 g/mol. The third kappa shape index (κ3) is 1.42. The van der Waals surface area contributed by atoms with Gasteiger partial charge in [0.1, 0.15) is 11.2 Å². The Hall–Kier alpha value is -1.06. The van der Waals surface area contributed by atoms with Gasteiger partial charge < -0.3 is 9.47 Å². The minimum absolute atomic E-state index is 0.103. The van der Waals surface area contributed by atoms with Crippen LogP contribution in [0.15, 0.2) is 0 Å². The highest BCUT2D eigenvalue weighted by Crippen LogP contribution is 2.53. The number of hydrogen-bond donors (Lipinski definition) is 0. The number of esters is 2. The van der Waals surface area contributed by atoms with Crippen LogP contribution in [-0.4, -0.2) is 23.1 Å². The van der Waals surface area contributed by atoms with Crippen LogP contribution in [0.3, 0.4) is 0 Å². The van der Waals surface area contributed by atoms with Gasteiger partial charge in [-0.2, -0.15) is 0 Å². The summed E-state index contributed by atoms with van der Waals surface area (Å²) in [6.07, 6.45) is 2.63. The molecule has 2 bridgehead atoms. The third-order valence-electron chi connectivity index (χ3n) is 4.71. The summed E-state index contributed by atoms with van der Waals surface area (Å²) in [4.78, 5) is 23.8. The molecule has 4 heteroatoms. The molecule has 1 saturated carbocycles. The summed E-state index contributed by atoms with van der Waals surface area (Å²) in [6.45, 7) is 5.88. The van der Waals surface area contributed by atoms with Crippen LogP contribution in [0.5, 0.6) is 0 Å². The topological polar surface area (TPSA) is 52.6 Å². The largest absolute Gasteiger partial charge is 0.459 e. The smallest absolute Gasteiger partial charge is 0.321 e. The van der Waals surface area contributed by atoms with Gasteiger partial charge in [0, 0.05) is 5.92 Å². The fourth-order valence-electron chi connectivity index (χ4n) is 3.87. The Morgan fingerprint density at radius 3 is 2.47 bits per heavy atom. The lowest BCUT2D eigenvalue weighted by Gasteiger charge is -2.55. The maximum atomic E-state index is 11.9. The number of fused-ring (bicyclic) bond motifs is 1. The molecule has 3 aliphatic rings. The Kier molecular flexibility index (Phi) is 1.97. The number of ether oxygens (including phenoxy) is 2. The molecule has 0 aromatic carbocycles. The summed E-state index contributed by atoms with van der Waals surface area (Å²) in [5.74, 6) is -1.07. The number of carbonyl (C=O) groups is 2. The van der Waals surface area contributed by atoms with E-state index in [9.17, 15) is 9.59 Å². The third-order valence-corrected chi connectivity index (χ3v) is 4.71. The Morgan fingerprint density at radius 1 is 1.12 bits per heavy atom. The monoisotopic (exact) mass is 238 g/mol. The zero-order valence-electron chi connectivity index (χ0n) is 10.5. The van der Waals surface area contributed by atoms with Crippen LogP contribution in [0, 0.1) is 17.8 Å². The number of rotatable bonds is 0. The molecule has 4 atom stereocenters. The van der Waals surface area contributed by atoms with Crippen LogP contribution in [-0.2, 0) is 19.1 Å². The molecule has 2 saturated heterocycles. The van der Waals surface area contributed by atoms with Crippen molar-refractivity contribution in [2.24, 2.45) is 17.8 Å². The maximum Gasteiger partial charge on any atom is 0.321 e. The van der Waals surface area contributed by atoms with E-state index in [0.29, 0.717) is 0 Å². The molecule has 4 nitrogen and oxygen atoms in total. The molecule has 0 N–H and O–H groups in total. The average Bonchev–Trinajstić information content (AvgIpc) is 2.12. The molecule has 0 aromatic rings. The van der Waals surface area contributed by atoms with E-state index in [2.05, 4.69) is 0 Å². The highest BCUT2D eigenvalue weighted by molar-refractivity contribution is 5.96. The van der Waals surface area contributed by atoms with Crippen molar-refractivity contribution in [3.8, 4) is 0 Å². The van der Waals surface area contributed by atoms with Gasteiger partial charge in [0.05, 0.1) is 0 Å². The molecule has 0 radical (unpaired) electrons. The summed E-state index contributed by atoms with van der Waals surface area (Å²) >= 11 is 0. The van der Waals surface area contributed by atoms with Crippen LogP contribution >= 0.6 is 0 Å².